The highest BCUT2D eigenvalue weighted by molar-refractivity contribution is 9.09. The monoisotopic (exact) mass is 393 g/mol. The van der Waals surface area contributed by atoms with Crippen LogP contribution in [-0.4, -0.2) is 29.4 Å². The fraction of sp³-hybridized carbons (Fsp3) is 0.550. The van der Waals surface area contributed by atoms with Gasteiger partial charge in [-0.15, -0.1) is 0 Å². The number of benzene rings is 1. The van der Waals surface area contributed by atoms with Crippen molar-refractivity contribution in [1.82, 2.24) is 4.90 Å². The second-order valence-corrected chi connectivity index (χ2v) is 7.27. The van der Waals surface area contributed by atoms with Gasteiger partial charge in [-0.3, -0.25) is 0 Å². The molecular weight excluding hydrogens is 366 g/mol. The molecule has 0 aromatic heterocycles. The Morgan fingerprint density at radius 2 is 1.96 bits per heavy atom. The Balaban J connectivity index is 1.70. The number of rotatable bonds is 7. The van der Waals surface area contributed by atoms with Crippen LogP contribution < -0.4 is 0 Å². The average molecular weight is 394 g/mol. The quantitative estimate of drug-likeness (QED) is 0.345. The molecule has 0 heterocycles. The first kappa shape index (κ1) is 19.0. The maximum Gasteiger partial charge on any atom is 0.410 e. The first-order valence-electron chi connectivity index (χ1n) is 8.87. The molecule has 1 fully saturated rings. The van der Waals surface area contributed by atoms with Gasteiger partial charge in [-0.2, -0.15) is 0 Å². The Bertz CT molecular complexity index is 510. The van der Waals surface area contributed by atoms with Gasteiger partial charge in [0.1, 0.15) is 6.61 Å². The van der Waals surface area contributed by atoms with Crippen molar-refractivity contribution in [3.63, 3.8) is 0 Å². The number of nitrogens with zero attached hydrogens (tertiary/aromatic N) is 1. The summed E-state index contributed by atoms with van der Waals surface area (Å²) in [5.74, 6) is 0.672. The van der Waals surface area contributed by atoms with E-state index in [2.05, 4.69) is 28.1 Å². The molecule has 4 heteroatoms. The lowest BCUT2D eigenvalue weighted by Crippen LogP contribution is -2.39. The van der Waals surface area contributed by atoms with Crippen LogP contribution in [0.5, 0.6) is 0 Å². The molecule has 2 rings (SSSR count). The second-order valence-electron chi connectivity index (χ2n) is 6.48. The van der Waals surface area contributed by atoms with Gasteiger partial charge in [0.25, 0.3) is 0 Å². The molecule has 0 radical (unpaired) electrons. The van der Waals surface area contributed by atoms with E-state index in [0.717, 1.165) is 43.0 Å². The summed E-state index contributed by atoms with van der Waals surface area (Å²) in [5.41, 5.74) is 1.02. The van der Waals surface area contributed by atoms with Crippen molar-refractivity contribution in [3.05, 3.63) is 48.0 Å². The van der Waals surface area contributed by atoms with Gasteiger partial charge in [0.2, 0.25) is 0 Å². The number of carbonyl (C=O) groups excluding carboxylic acids is 1. The average Bonchev–Trinajstić information content (AvgIpc) is 2.64. The van der Waals surface area contributed by atoms with E-state index in [-0.39, 0.29) is 6.09 Å². The molecule has 0 unspecified atom stereocenters. The van der Waals surface area contributed by atoms with E-state index in [1.807, 2.05) is 37.4 Å². The number of hydrogen-bond donors (Lipinski definition) is 0. The highest BCUT2D eigenvalue weighted by Gasteiger charge is 2.26. The van der Waals surface area contributed by atoms with Crippen LogP contribution in [0.4, 0.5) is 4.79 Å². The molecule has 0 spiro atoms. The van der Waals surface area contributed by atoms with Crippen molar-refractivity contribution >= 4 is 22.0 Å². The zero-order valence-electron chi connectivity index (χ0n) is 14.5. The minimum Gasteiger partial charge on any atom is -0.445 e. The molecule has 0 atom stereocenters. The molecule has 1 saturated carbocycles. The van der Waals surface area contributed by atoms with Gasteiger partial charge in [0, 0.05) is 18.4 Å². The zero-order chi connectivity index (χ0) is 17.2. The number of hydrogen-bond acceptors (Lipinski definition) is 2. The fourth-order valence-corrected chi connectivity index (χ4v) is 3.46. The van der Waals surface area contributed by atoms with E-state index >= 15 is 0 Å². The van der Waals surface area contributed by atoms with Crippen molar-refractivity contribution in [2.24, 2.45) is 5.92 Å². The molecule has 0 aliphatic heterocycles. The summed E-state index contributed by atoms with van der Waals surface area (Å²) in [4.78, 5) is 14.0. The lowest BCUT2D eigenvalue weighted by atomic mass is 9.85. The van der Waals surface area contributed by atoms with Crippen molar-refractivity contribution in [1.29, 1.82) is 0 Å². The molecule has 132 valence electrons. The Hall–Kier alpha value is -1.29. The van der Waals surface area contributed by atoms with Crippen LogP contribution in [0.3, 0.4) is 0 Å². The molecule has 1 aliphatic carbocycles. The van der Waals surface area contributed by atoms with E-state index in [9.17, 15) is 4.79 Å². The predicted octanol–water partition coefficient (Wildman–Crippen LogP) is 5.55. The van der Waals surface area contributed by atoms with E-state index in [1.54, 1.807) is 4.90 Å². The van der Waals surface area contributed by atoms with Crippen LogP contribution in [0.25, 0.3) is 0 Å². The Morgan fingerprint density at radius 1 is 1.25 bits per heavy atom. The molecule has 1 aromatic rings. The molecular formula is C20H28BrNO2. The summed E-state index contributed by atoms with van der Waals surface area (Å²) >= 11 is 3.46. The van der Waals surface area contributed by atoms with Gasteiger partial charge in [-0.25, -0.2) is 4.79 Å². The minimum absolute atomic E-state index is 0.213. The van der Waals surface area contributed by atoms with Crippen LogP contribution in [0.1, 0.15) is 44.1 Å². The molecule has 1 amide bonds. The predicted molar refractivity (Wildman–Crippen MR) is 102 cm³/mol. The fourth-order valence-electron chi connectivity index (χ4n) is 3.14. The maximum absolute atomic E-state index is 12.2. The van der Waals surface area contributed by atoms with Crippen LogP contribution in [0.2, 0.25) is 0 Å². The van der Waals surface area contributed by atoms with E-state index in [0.29, 0.717) is 18.6 Å². The molecule has 0 N–H and O–H groups in total. The SMILES string of the molecule is CN(C(=O)OCc1ccccc1)C1CCC(/C=C/CCCBr)CC1. The third-order valence-electron chi connectivity index (χ3n) is 4.69. The lowest BCUT2D eigenvalue weighted by molar-refractivity contribution is 0.0811. The van der Waals surface area contributed by atoms with Crippen molar-refractivity contribution in [2.45, 2.75) is 51.2 Å². The van der Waals surface area contributed by atoms with Gasteiger partial charge in [-0.05, 0) is 50.0 Å². The molecule has 1 aromatic carbocycles. The van der Waals surface area contributed by atoms with Crippen LogP contribution in [-0.2, 0) is 11.3 Å². The van der Waals surface area contributed by atoms with Gasteiger partial charge in [0.05, 0.1) is 0 Å². The number of carbonyl (C=O) groups is 1. The summed E-state index contributed by atoms with van der Waals surface area (Å²) in [7, 11) is 1.87. The summed E-state index contributed by atoms with van der Waals surface area (Å²) < 4.78 is 5.43. The highest BCUT2D eigenvalue weighted by Crippen LogP contribution is 2.28. The third-order valence-corrected chi connectivity index (χ3v) is 5.26. The standard InChI is InChI=1S/C20H28BrNO2/c1-22(20(23)24-16-18-9-4-2-5-10-18)19-13-11-17(12-14-19)8-6-3-7-15-21/h2,4-6,8-10,17,19H,3,7,11-16H2,1H3/b8-6+. The van der Waals surface area contributed by atoms with Gasteiger partial charge >= 0.3 is 6.09 Å². The summed E-state index contributed by atoms with van der Waals surface area (Å²) in [6.45, 7) is 0.343. The number of alkyl halides is 1. The van der Waals surface area contributed by atoms with E-state index < -0.39 is 0 Å². The smallest absolute Gasteiger partial charge is 0.410 e. The van der Waals surface area contributed by atoms with Gasteiger partial charge in [0.15, 0.2) is 0 Å². The zero-order valence-corrected chi connectivity index (χ0v) is 16.1. The largest absolute Gasteiger partial charge is 0.445 e. The number of ether oxygens (including phenoxy) is 1. The topological polar surface area (TPSA) is 29.5 Å². The molecule has 3 nitrogen and oxygen atoms in total. The second kappa shape index (κ2) is 10.5. The lowest BCUT2D eigenvalue weighted by Gasteiger charge is -2.33. The Kier molecular flexibility index (Phi) is 8.37. The first-order valence-corrected chi connectivity index (χ1v) is 9.99. The molecule has 0 bridgehead atoms. The number of unbranched alkanes of at least 4 members (excludes halogenated alkanes) is 1. The number of amides is 1. The van der Waals surface area contributed by atoms with E-state index in [1.165, 1.54) is 6.42 Å². The Morgan fingerprint density at radius 3 is 2.62 bits per heavy atom. The van der Waals surface area contributed by atoms with Gasteiger partial charge in [-0.1, -0.05) is 58.4 Å². The molecule has 24 heavy (non-hydrogen) atoms. The summed E-state index contributed by atoms with van der Waals surface area (Å²) in [6.07, 6.45) is 11.2. The summed E-state index contributed by atoms with van der Waals surface area (Å²) in [5, 5.41) is 1.07. The van der Waals surface area contributed by atoms with Crippen LogP contribution in [0.15, 0.2) is 42.5 Å². The van der Waals surface area contributed by atoms with Crippen molar-refractivity contribution < 1.29 is 9.53 Å². The molecule has 1 aliphatic rings. The van der Waals surface area contributed by atoms with Gasteiger partial charge < -0.3 is 9.64 Å². The summed E-state index contributed by atoms with van der Waals surface area (Å²) in [6, 6.07) is 10.1. The third kappa shape index (κ3) is 6.31. The number of halogens is 1. The minimum atomic E-state index is -0.213. The van der Waals surface area contributed by atoms with Crippen molar-refractivity contribution in [2.75, 3.05) is 12.4 Å². The normalized spacial score (nSPS) is 20.9. The highest BCUT2D eigenvalue weighted by atomic mass is 79.9. The van der Waals surface area contributed by atoms with Crippen molar-refractivity contribution in [3.8, 4) is 0 Å². The van der Waals surface area contributed by atoms with E-state index in [4.69, 9.17) is 4.74 Å². The first-order chi connectivity index (χ1) is 11.7. The van der Waals surface area contributed by atoms with Crippen LogP contribution in [0, 0.1) is 5.92 Å². The molecule has 0 saturated heterocycles. The number of allylic oxidation sites excluding steroid dienone is 2. The Labute approximate surface area is 154 Å². The maximum atomic E-state index is 12.2. The van der Waals surface area contributed by atoms with Crippen LogP contribution >= 0.6 is 15.9 Å².